The van der Waals surface area contributed by atoms with Gasteiger partial charge >= 0.3 is 0 Å². The number of nitrogens with two attached hydrogens (primary N) is 1. The van der Waals surface area contributed by atoms with E-state index in [1.807, 2.05) is 0 Å². The summed E-state index contributed by atoms with van der Waals surface area (Å²) in [6, 6.07) is 10.1. The molecule has 9 nitrogen and oxygen atoms in total. The Labute approximate surface area is 171 Å². The molecule has 1 atom stereocenters. The van der Waals surface area contributed by atoms with E-state index in [0.717, 1.165) is 0 Å². The maximum Gasteiger partial charge on any atom is 0.261 e. The van der Waals surface area contributed by atoms with Crippen molar-refractivity contribution >= 4 is 44.4 Å². The van der Waals surface area contributed by atoms with Gasteiger partial charge in [0.2, 0.25) is 17.7 Å². The first kappa shape index (κ1) is 19.6. The van der Waals surface area contributed by atoms with E-state index in [2.05, 4.69) is 10.0 Å². The Kier molecular flexibility index (Phi) is 4.78. The number of carbonyl (C=O) groups excluding carboxylic acids is 3. The van der Waals surface area contributed by atoms with Crippen LogP contribution in [0.25, 0.3) is 11.0 Å². The van der Waals surface area contributed by atoms with Gasteiger partial charge in [-0.2, -0.15) is 0 Å². The van der Waals surface area contributed by atoms with Crippen molar-refractivity contribution in [3.05, 3.63) is 59.9 Å². The normalized spacial score (nSPS) is 17.0. The number of piperidine rings is 1. The predicted molar refractivity (Wildman–Crippen MR) is 107 cm³/mol. The fourth-order valence-corrected chi connectivity index (χ4v) is 4.48. The molecule has 0 bridgehead atoms. The van der Waals surface area contributed by atoms with Crippen LogP contribution in [-0.4, -0.2) is 26.1 Å². The lowest BCUT2D eigenvalue weighted by molar-refractivity contribution is -0.134. The number of carbonyl (C=O) groups is 3. The van der Waals surface area contributed by atoms with Crippen molar-refractivity contribution < 1.29 is 27.2 Å². The van der Waals surface area contributed by atoms with E-state index >= 15 is 0 Å². The van der Waals surface area contributed by atoms with Crippen molar-refractivity contribution in [2.75, 3.05) is 4.72 Å². The summed E-state index contributed by atoms with van der Waals surface area (Å²) >= 11 is 0. The molecule has 1 aliphatic rings. The first-order valence-electron chi connectivity index (χ1n) is 9.02. The van der Waals surface area contributed by atoms with Crippen LogP contribution in [-0.2, 0) is 19.6 Å². The second-order valence-electron chi connectivity index (χ2n) is 6.90. The quantitative estimate of drug-likeness (QED) is 0.529. The number of sulfonamides is 1. The Morgan fingerprint density at radius 2 is 1.97 bits per heavy atom. The molecule has 3 aromatic rings. The molecular weight excluding hydrogens is 410 g/mol. The van der Waals surface area contributed by atoms with Gasteiger partial charge in [-0.3, -0.25) is 24.4 Å². The molecule has 0 radical (unpaired) electrons. The smallest absolute Gasteiger partial charge is 0.261 e. The minimum absolute atomic E-state index is 0.0468. The molecule has 10 heteroatoms. The molecule has 0 spiro atoms. The number of rotatable bonds is 5. The number of amides is 3. The summed E-state index contributed by atoms with van der Waals surface area (Å²) in [6.45, 7) is 0. The zero-order valence-corrected chi connectivity index (χ0v) is 16.4. The monoisotopic (exact) mass is 427 g/mol. The topological polar surface area (TPSA) is 149 Å². The highest BCUT2D eigenvalue weighted by atomic mass is 32.2. The van der Waals surface area contributed by atoms with Crippen LogP contribution in [0.15, 0.2) is 58.0 Å². The molecule has 1 unspecified atom stereocenters. The molecule has 4 rings (SSSR count). The summed E-state index contributed by atoms with van der Waals surface area (Å²) in [7, 11) is -3.99. The van der Waals surface area contributed by atoms with E-state index in [9.17, 15) is 22.8 Å². The van der Waals surface area contributed by atoms with Crippen molar-refractivity contribution in [1.29, 1.82) is 0 Å². The molecule has 1 fully saturated rings. The van der Waals surface area contributed by atoms with E-state index in [0.29, 0.717) is 23.0 Å². The molecule has 1 aliphatic heterocycles. The number of furan rings is 1. The van der Waals surface area contributed by atoms with E-state index < -0.39 is 27.8 Å². The summed E-state index contributed by atoms with van der Waals surface area (Å²) in [6.07, 6.45) is 1.91. The Bertz CT molecular complexity index is 1290. The number of nitrogens with one attached hydrogen (secondary N) is 2. The third-order valence-corrected chi connectivity index (χ3v) is 6.28. The summed E-state index contributed by atoms with van der Waals surface area (Å²) < 4.78 is 33.6. The second kappa shape index (κ2) is 7.30. The van der Waals surface area contributed by atoms with Crippen molar-refractivity contribution in [2.45, 2.75) is 23.7 Å². The molecule has 4 N–H and O–H groups in total. The average molecular weight is 427 g/mol. The number of primary amides is 1. The molecule has 0 aliphatic carbocycles. The maximum atomic E-state index is 12.9. The summed E-state index contributed by atoms with van der Waals surface area (Å²) in [5, 5.41) is 2.76. The van der Waals surface area contributed by atoms with E-state index in [-0.39, 0.29) is 28.5 Å². The van der Waals surface area contributed by atoms with E-state index in [1.54, 1.807) is 0 Å². The van der Waals surface area contributed by atoms with Crippen LogP contribution in [0, 0.1) is 0 Å². The Hall–Kier alpha value is -3.66. The van der Waals surface area contributed by atoms with Gasteiger partial charge in [0.1, 0.15) is 5.58 Å². The number of benzene rings is 2. The van der Waals surface area contributed by atoms with Crippen molar-refractivity contribution in [2.24, 2.45) is 5.73 Å². The SMILES string of the molecule is NC(=O)c1cccc(NS(=O)(=O)c2ccc3occ(C4CCC(=O)NC4=O)c3c2)c1. The van der Waals surface area contributed by atoms with Gasteiger partial charge in [-0.15, -0.1) is 0 Å². The Morgan fingerprint density at radius 3 is 2.70 bits per heavy atom. The van der Waals surface area contributed by atoms with E-state index in [1.165, 1.54) is 48.7 Å². The van der Waals surface area contributed by atoms with Gasteiger partial charge in [-0.05, 0) is 42.8 Å². The van der Waals surface area contributed by atoms with Crippen molar-refractivity contribution in [3.8, 4) is 0 Å². The summed E-state index contributed by atoms with van der Waals surface area (Å²) in [5.74, 6) is -2.06. The molecule has 1 aromatic heterocycles. The Balaban J connectivity index is 1.69. The first-order chi connectivity index (χ1) is 14.2. The standard InChI is InChI=1S/C20H17N3O6S/c21-19(25)11-2-1-3-12(8-11)23-30(27,28)13-4-6-17-15(9-13)16(10-29-17)14-5-7-18(24)22-20(14)26/h1-4,6,8-10,14,23H,5,7H2,(H2,21,25)(H,22,24,26). The summed E-state index contributed by atoms with van der Waals surface area (Å²) in [5.41, 5.74) is 6.52. The van der Waals surface area contributed by atoms with Crippen LogP contribution in [0.4, 0.5) is 5.69 Å². The third kappa shape index (κ3) is 3.64. The molecule has 30 heavy (non-hydrogen) atoms. The van der Waals surface area contributed by atoms with Crippen LogP contribution in [0.3, 0.4) is 0 Å². The van der Waals surface area contributed by atoms with Gasteiger partial charge in [0, 0.05) is 28.6 Å². The first-order valence-corrected chi connectivity index (χ1v) is 10.5. The van der Waals surface area contributed by atoms with Gasteiger partial charge < -0.3 is 10.2 Å². The highest BCUT2D eigenvalue weighted by Crippen LogP contribution is 2.34. The second-order valence-corrected chi connectivity index (χ2v) is 8.59. The molecular formula is C20H17N3O6S. The summed E-state index contributed by atoms with van der Waals surface area (Å²) in [4.78, 5) is 34.9. The number of fused-ring (bicyclic) bond motifs is 1. The lowest BCUT2D eigenvalue weighted by atomic mass is 9.90. The van der Waals surface area contributed by atoms with Crippen molar-refractivity contribution in [1.82, 2.24) is 5.32 Å². The molecule has 2 aromatic carbocycles. The fraction of sp³-hybridized carbons (Fsp3) is 0.150. The number of anilines is 1. The van der Waals surface area contributed by atoms with Gasteiger partial charge in [0.05, 0.1) is 17.1 Å². The number of hydrogen-bond donors (Lipinski definition) is 3. The van der Waals surface area contributed by atoms with Crippen LogP contribution in [0.1, 0.15) is 34.7 Å². The largest absolute Gasteiger partial charge is 0.464 e. The van der Waals surface area contributed by atoms with Gasteiger partial charge in [-0.1, -0.05) is 6.07 Å². The number of imide groups is 1. The zero-order chi connectivity index (χ0) is 21.5. The third-order valence-electron chi connectivity index (χ3n) is 4.90. The van der Waals surface area contributed by atoms with Gasteiger partial charge in [0.15, 0.2) is 0 Å². The number of hydrogen-bond acceptors (Lipinski definition) is 6. The lowest BCUT2D eigenvalue weighted by Crippen LogP contribution is -2.39. The molecule has 1 saturated heterocycles. The molecule has 3 amide bonds. The molecule has 154 valence electrons. The van der Waals surface area contributed by atoms with Crippen LogP contribution < -0.4 is 15.8 Å². The molecule has 2 heterocycles. The zero-order valence-electron chi connectivity index (χ0n) is 15.5. The van der Waals surface area contributed by atoms with Crippen LogP contribution in [0.2, 0.25) is 0 Å². The fourth-order valence-electron chi connectivity index (χ4n) is 3.41. The minimum atomic E-state index is -3.99. The van der Waals surface area contributed by atoms with E-state index in [4.69, 9.17) is 10.2 Å². The van der Waals surface area contributed by atoms with Crippen LogP contribution in [0.5, 0.6) is 0 Å². The lowest BCUT2D eigenvalue weighted by Gasteiger charge is -2.20. The Morgan fingerprint density at radius 1 is 1.17 bits per heavy atom. The average Bonchev–Trinajstić information content (AvgIpc) is 3.11. The highest BCUT2D eigenvalue weighted by molar-refractivity contribution is 7.92. The van der Waals surface area contributed by atoms with Gasteiger partial charge in [0.25, 0.3) is 10.0 Å². The maximum absolute atomic E-state index is 12.9. The van der Waals surface area contributed by atoms with Crippen LogP contribution >= 0.6 is 0 Å². The molecule has 0 saturated carbocycles. The minimum Gasteiger partial charge on any atom is -0.464 e. The van der Waals surface area contributed by atoms with Crippen molar-refractivity contribution in [3.63, 3.8) is 0 Å². The van der Waals surface area contributed by atoms with Gasteiger partial charge in [-0.25, -0.2) is 8.42 Å². The highest BCUT2D eigenvalue weighted by Gasteiger charge is 2.31. The predicted octanol–water partition coefficient (Wildman–Crippen LogP) is 1.85.